The van der Waals surface area contributed by atoms with E-state index in [9.17, 15) is 35.7 Å². The van der Waals surface area contributed by atoms with Gasteiger partial charge in [-0.1, -0.05) is 36.4 Å². The van der Waals surface area contributed by atoms with E-state index in [1.807, 2.05) is 21.1 Å². The molecular formula is C36H34F3N9O6S. The Labute approximate surface area is 313 Å². The van der Waals surface area contributed by atoms with Gasteiger partial charge < -0.3 is 18.8 Å². The molecule has 6 aromatic rings. The van der Waals surface area contributed by atoms with E-state index in [0.717, 1.165) is 21.3 Å². The number of carbonyl (C=O) groups is 1. The van der Waals surface area contributed by atoms with E-state index in [4.69, 9.17) is 11.0 Å². The van der Waals surface area contributed by atoms with Crippen LogP contribution in [0, 0.1) is 13.5 Å². The predicted molar refractivity (Wildman–Crippen MR) is 191 cm³/mol. The van der Waals surface area contributed by atoms with Crippen LogP contribution < -0.4 is 11.0 Å². The number of halogens is 3. The van der Waals surface area contributed by atoms with Crippen LogP contribution in [0.4, 0.5) is 23.7 Å². The van der Waals surface area contributed by atoms with Gasteiger partial charge in [0.05, 0.1) is 67.1 Å². The number of aromatic nitrogens is 6. The maximum absolute atomic E-state index is 14.0. The third kappa shape index (κ3) is 9.24. The van der Waals surface area contributed by atoms with Crippen LogP contribution in [0.1, 0.15) is 36.0 Å². The average molecular weight is 778 g/mol. The average Bonchev–Trinajstić information content (AvgIpc) is 3.85. The van der Waals surface area contributed by atoms with Crippen molar-refractivity contribution in [1.29, 1.82) is 0 Å². The van der Waals surface area contributed by atoms with E-state index in [2.05, 4.69) is 25.5 Å². The zero-order chi connectivity index (χ0) is 40.3. The highest BCUT2D eigenvalue weighted by atomic mass is 32.2. The first-order valence-corrected chi connectivity index (χ1v) is 17.7. The van der Waals surface area contributed by atoms with E-state index in [0.29, 0.717) is 34.0 Å². The Kier molecular flexibility index (Phi) is 11.3. The molecule has 0 aliphatic heterocycles. The normalized spacial score (nSPS) is 12.4. The van der Waals surface area contributed by atoms with Gasteiger partial charge in [-0.25, -0.2) is 32.1 Å². The van der Waals surface area contributed by atoms with Crippen molar-refractivity contribution >= 4 is 21.8 Å². The quantitative estimate of drug-likeness (QED) is 0.113. The van der Waals surface area contributed by atoms with Gasteiger partial charge in [0.25, 0.3) is 5.89 Å². The molecule has 286 valence electrons. The number of carbonyl (C=O) groups excluding carboxylic acids is 1. The molecule has 3 heterocycles. The zero-order valence-electron chi connectivity index (χ0n) is 30.0. The number of nitrogens with one attached hydrogen (secondary N) is 1. The van der Waals surface area contributed by atoms with Gasteiger partial charge in [-0.2, -0.15) is 18.3 Å². The monoisotopic (exact) mass is 777 g/mol. The van der Waals surface area contributed by atoms with Crippen molar-refractivity contribution in [3.8, 4) is 22.8 Å². The smallest absolute Gasteiger partial charge is 0.416 e. The molecule has 0 spiro atoms. The maximum Gasteiger partial charge on any atom is 0.416 e. The molecule has 0 bridgehead atoms. The third-order valence-electron chi connectivity index (χ3n) is 7.86. The van der Waals surface area contributed by atoms with E-state index < -0.39 is 39.6 Å². The Morgan fingerprint density at radius 2 is 1.67 bits per heavy atom. The molecule has 1 amide bonds. The minimum Gasteiger partial charge on any atom is -0.744 e. The molecule has 15 nitrogen and oxygen atoms in total. The molecular weight excluding hydrogens is 744 g/mol. The first-order valence-electron chi connectivity index (χ1n) is 16.3. The van der Waals surface area contributed by atoms with Crippen LogP contribution >= 0.6 is 0 Å². The predicted octanol–water partition coefficient (Wildman–Crippen LogP) is 5.87. The second-order valence-corrected chi connectivity index (χ2v) is 14.5. The summed E-state index contributed by atoms with van der Waals surface area (Å²) in [5.41, 5.74) is -0.440. The van der Waals surface area contributed by atoms with Gasteiger partial charge in [-0.3, -0.25) is 4.57 Å². The first kappa shape index (κ1) is 39.8. The minimum absolute atomic E-state index is 0.0810. The van der Waals surface area contributed by atoms with Crippen LogP contribution in [-0.4, -0.2) is 73.7 Å². The number of amides is 1. The Balaban J connectivity index is 0.000000504. The van der Waals surface area contributed by atoms with Gasteiger partial charge in [-0.15, -0.1) is 10.2 Å². The SMILES string of the molecule is O=S(=O)([O-])c1ccccc1.[C-]#[N+]c1ccc(-n2nccc2-c2c(C)n(-c3cccc(C(F)(F)F)c3)c(=O)n2C(=O)N[C@@H](C)c2nnc(C[N+](C)(C)C)o2)cc1. The van der Waals surface area contributed by atoms with Crippen molar-refractivity contribution in [2.24, 2.45) is 0 Å². The van der Waals surface area contributed by atoms with Crippen molar-refractivity contribution in [3.05, 3.63) is 136 Å². The standard InChI is InChI=1S/C30H28F3N9O3.C6H6O3S/c1-18(27-38-37-25(45-27)17-42(4,5)6)36-28(43)40-26(24-14-15-35-41(24)22-12-10-21(34-3)11-13-22)19(2)39(29(40)44)23-9-7-8-20(16-23)30(31,32)33;7-10(8,9)6-4-2-1-3-5-6/h7-16,18H,17H2,1-2,4-6H3;1-5H,(H,7,8,9)/t18-;/m0./s1. The molecule has 1 N–H and O–H groups in total. The molecule has 0 aliphatic carbocycles. The number of quaternary nitrogens is 1. The van der Waals surface area contributed by atoms with Gasteiger partial charge >= 0.3 is 17.9 Å². The fraction of sp³-hybridized carbons (Fsp3) is 0.222. The highest BCUT2D eigenvalue weighted by Crippen LogP contribution is 2.32. The van der Waals surface area contributed by atoms with Crippen LogP contribution in [0.3, 0.4) is 0 Å². The molecule has 0 radical (unpaired) electrons. The summed E-state index contributed by atoms with van der Waals surface area (Å²) in [4.78, 5) is 31.0. The second kappa shape index (κ2) is 15.5. The van der Waals surface area contributed by atoms with E-state index in [1.54, 1.807) is 43.3 Å². The highest BCUT2D eigenvalue weighted by molar-refractivity contribution is 7.85. The largest absolute Gasteiger partial charge is 0.744 e. The summed E-state index contributed by atoms with van der Waals surface area (Å²) in [6, 6.07) is 17.8. The van der Waals surface area contributed by atoms with Crippen molar-refractivity contribution in [2.75, 3.05) is 21.1 Å². The number of hydrogen-bond donors (Lipinski definition) is 1. The fourth-order valence-corrected chi connectivity index (χ4v) is 5.88. The molecule has 0 aliphatic rings. The van der Waals surface area contributed by atoms with E-state index >= 15 is 0 Å². The summed E-state index contributed by atoms with van der Waals surface area (Å²) >= 11 is 0. The van der Waals surface area contributed by atoms with Crippen molar-refractivity contribution in [1.82, 2.24) is 34.4 Å². The molecule has 0 saturated heterocycles. The van der Waals surface area contributed by atoms with Gasteiger partial charge in [0, 0.05) is 0 Å². The van der Waals surface area contributed by atoms with Crippen LogP contribution in [-0.2, 0) is 22.8 Å². The summed E-state index contributed by atoms with van der Waals surface area (Å²) in [6.45, 7) is 10.8. The van der Waals surface area contributed by atoms with Crippen LogP contribution in [0.25, 0.3) is 27.6 Å². The minimum atomic E-state index is -4.66. The highest BCUT2D eigenvalue weighted by Gasteiger charge is 2.32. The lowest BCUT2D eigenvalue weighted by molar-refractivity contribution is -0.885. The van der Waals surface area contributed by atoms with Crippen LogP contribution in [0.5, 0.6) is 0 Å². The number of nitrogens with zero attached hydrogens (tertiary/aromatic N) is 8. The van der Waals surface area contributed by atoms with Crippen molar-refractivity contribution < 1.29 is 39.8 Å². The molecule has 3 aromatic carbocycles. The lowest BCUT2D eigenvalue weighted by Gasteiger charge is -2.21. The third-order valence-corrected chi connectivity index (χ3v) is 8.71. The van der Waals surface area contributed by atoms with Crippen LogP contribution in [0.2, 0.25) is 0 Å². The molecule has 19 heteroatoms. The molecule has 6 rings (SSSR count). The second-order valence-electron chi connectivity index (χ2n) is 13.1. The Morgan fingerprint density at radius 1 is 1.00 bits per heavy atom. The Morgan fingerprint density at radius 3 is 2.25 bits per heavy atom. The first-order chi connectivity index (χ1) is 25.8. The van der Waals surface area contributed by atoms with Gasteiger partial charge in [0.2, 0.25) is 5.89 Å². The molecule has 3 aromatic heterocycles. The van der Waals surface area contributed by atoms with Crippen molar-refractivity contribution in [2.45, 2.75) is 37.5 Å². The van der Waals surface area contributed by atoms with Crippen molar-refractivity contribution in [3.63, 3.8) is 0 Å². The summed E-state index contributed by atoms with van der Waals surface area (Å²) in [5.74, 6) is 0.469. The summed E-state index contributed by atoms with van der Waals surface area (Å²) in [5, 5.41) is 15.1. The lowest BCUT2D eigenvalue weighted by Crippen LogP contribution is -2.38. The molecule has 1 atom stereocenters. The number of alkyl halides is 3. The fourth-order valence-electron chi connectivity index (χ4n) is 5.39. The summed E-state index contributed by atoms with van der Waals surface area (Å²) < 4.78 is 81.3. The number of hydrogen-bond acceptors (Lipinski definition) is 9. The van der Waals surface area contributed by atoms with E-state index in [-0.39, 0.29) is 27.9 Å². The zero-order valence-corrected chi connectivity index (χ0v) is 30.8. The van der Waals surface area contributed by atoms with Crippen LogP contribution in [0.15, 0.2) is 105 Å². The number of imidazole rings is 1. The topological polar surface area (TPSA) is 174 Å². The maximum atomic E-state index is 14.0. The van der Waals surface area contributed by atoms with E-state index in [1.165, 1.54) is 54.2 Å². The van der Waals surface area contributed by atoms with Gasteiger partial charge in [0.15, 0.2) is 12.2 Å². The lowest BCUT2D eigenvalue weighted by atomic mass is 10.2. The molecule has 0 saturated carbocycles. The summed E-state index contributed by atoms with van der Waals surface area (Å²) in [6.07, 6.45) is -3.20. The Bertz CT molecular complexity index is 2530. The summed E-state index contributed by atoms with van der Waals surface area (Å²) in [7, 11) is 1.59. The Hall–Kier alpha value is -6.36. The number of rotatable bonds is 8. The van der Waals surface area contributed by atoms with Gasteiger partial charge in [0.1, 0.15) is 21.9 Å². The molecule has 55 heavy (non-hydrogen) atoms. The molecule has 0 fully saturated rings. The van der Waals surface area contributed by atoms with Gasteiger partial charge in [-0.05, 0) is 62.4 Å². The molecule has 0 unspecified atom stereocenters. The number of benzene rings is 3.